The Morgan fingerprint density at radius 3 is 2.32 bits per heavy atom. The van der Waals surface area contributed by atoms with Gasteiger partial charge >= 0.3 is 6.03 Å². The van der Waals surface area contributed by atoms with Gasteiger partial charge in [0.05, 0.1) is 6.61 Å². The third-order valence-corrected chi connectivity index (χ3v) is 7.45. The molecule has 5 rings (SSSR count). The van der Waals surface area contributed by atoms with Gasteiger partial charge in [-0.2, -0.15) is 0 Å². The van der Waals surface area contributed by atoms with E-state index >= 15 is 0 Å². The second-order valence-corrected chi connectivity index (χ2v) is 8.93. The van der Waals surface area contributed by atoms with Crippen molar-refractivity contribution in [2.75, 3.05) is 27.4 Å². The highest BCUT2D eigenvalue weighted by Crippen LogP contribution is 2.59. The lowest BCUT2D eigenvalue weighted by Crippen LogP contribution is -2.55. The van der Waals surface area contributed by atoms with Gasteiger partial charge in [0.25, 0.3) is 5.91 Å². The van der Waals surface area contributed by atoms with E-state index in [0.29, 0.717) is 19.0 Å². The Hall–Kier alpha value is -2.86. The highest BCUT2D eigenvalue weighted by Gasteiger charge is 2.67. The minimum atomic E-state index is -1.04. The fourth-order valence-electron chi connectivity index (χ4n) is 5.83. The van der Waals surface area contributed by atoms with Crippen molar-refractivity contribution in [3.63, 3.8) is 0 Å². The van der Waals surface area contributed by atoms with E-state index in [9.17, 15) is 9.59 Å². The van der Waals surface area contributed by atoms with Crippen LogP contribution in [0.25, 0.3) is 0 Å². The second kappa shape index (κ2) is 7.38. The SMILES string of the molecule is COCCOc1ccc2c(c1)C1(NC(=O)N(C)C1=O)C1(CCc3ccccc3CC1)C2. The number of rotatable bonds is 4. The van der Waals surface area contributed by atoms with Crippen LogP contribution in [-0.4, -0.2) is 44.2 Å². The van der Waals surface area contributed by atoms with Crippen molar-refractivity contribution >= 4 is 11.9 Å². The summed E-state index contributed by atoms with van der Waals surface area (Å²) in [4.78, 5) is 27.7. The van der Waals surface area contributed by atoms with Gasteiger partial charge in [-0.1, -0.05) is 30.3 Å². The number of carbonyl (C=O) groups is 2. The van der Waals surface area contributed by atoms with Gasteiger partial charge in [0.1, 0.15) is 12.4 Å². The molecule has 1 saturated heterocycles. The molecule has 3 amide bonds. The van der Waals surface area contributed by atoms with Crippen molar-refractivity contribution in [3.05, 3.63) is 64.7 Å². The third kappa shape index (κ3) is 2.88. The van der Waals surface area contributed by atoms with Gasteiger partial charge in [-0.15, -0.1) is 0 Å². The van der Waals surface area contributed by atoms with Crippen molar-refractivity contribution < 1.29 is 19.1 Å². The number of imide groups is 1. The Balaban J connectivity index is 1.59. The first kappa shape index (κ1) is 20.1. The van der Waals surface area contributed by atoms with E-state index in [-0.39, 0.29) is 17.4 Å². The molecule has 1 heterocycles. The number of ether oxygens (including phenoxy) is 2. The second-order valence-electron chi connectivity index (χ2n) is 8.93. The molecule has 1 aliphatic heterocycles. The van der Waals surface area contributed by atoms with Crippen molar-refractivity contribution in [2.24, 2.45) is 5.41 Å². The topological polar surface area (TPSA) is 67.9 Å². The normalized spacial score (nSPS) is 23.6. The quantitative estimate of drug-likeness (QED) is 0.609. The van der Waals surface area contributed by atoms with Crippen LogP contribution in [0.15, 0.2) is 42.5 Å². The summed E-state index contributed by atoms with van der Waals surface area (Å²) in [5.74, 6) is 0.539. The smallest absolute Gasteiger partial charge is 0.325 e. The Bertz CT molecular complexity index is 1020. The number of hydrogen-bond acceptors (Lipinski definition) is 4. The lowest BCUT2D eigenvalue weighted by atomic mass is 9.65. The number of amides is 3. The van der Waals surface area contributed by atoms with E-state index in [1.807, 2.05) is 12.1 Å². The molecule has 3 aliphatic rings. The molecule has 2 aromatic carbocycles. The van der Waals surface area contributed by atoms with Gasteiger partial charge in [-0.25, -0.2) is 4.79 Å². The largest absolute Gasteiger partial charge is 0.491 e. The van der Waals surface area contributed by atoms with E-state index in [0.717, 1.165) is 43.2 Å². The molecule has 31 heavy (non-hydrogen) atoms. The van der Waals surface area contributed by atoms with Gasteiger partial charge in [-0.3, -0.25) is 9.69 Å². The average Bonchev–Trinajstić information content (AvgIpc) is 3.07. The van der Waals surface area contributed by atoms with E-state index in [1.165, 1.54) is 16.0 Å². The van der Waals surface area contributed by atoms with Crippen LogP contribution in [0.3, 0.4) is 0 Å². The molecule has 0 radical (unpaired) electrons. The highest BCUT2D eigenvalue weighted by atomic mass is 16.5. The Kier molecular flexibility index (Phi) is 4.77. The number of fused-ring (bicyclic) bond motifs is 4. The Labute approximate surface area is 182 Å². The molecule has 2 spiro atoms. The zero-order valence-electron chi connectivity index (χ0n) is 18.1. The summed E-state index contributed by atoms with van der Waals surface area (Å²) < 4.78 is 10.9. The molecule has 2 aliphatic carbocycles. The summed E-state index contributed by atoms with van der Waals surface area (Å²) in [5, 5.41) is 3.15. The van der Waals surface area contributed by atoms with Gasteiger partial charge in [0.2, 0.25) is 0 Å². The maximum Gasteiger partial charge on any atom is 0.325 e. The number of benzene rings is 2. The minimum Gasteiger partial charge on any atom is -0.491 e. The third-order valence-electron chi connectivity index (χ3n) is 7.45. The van der Waals surface area contributed by atoms with Gasteiger partial charge < -0.3 is 14.8 Å². The first-order chi connectivity index (χ1) is 15.0. The lowest BCUT2D eigenvalue weighted by Gasteiger charge is -2.41. The summed E-state index contributed by atoms with van der Waals surface area (Å²) >= 11 is 0. The van der Waals surface area contributed by atoms with Crippen LogP contribution in [0.4, 0.5) is 4.79 Å². The summed E-state index contributed by atoms with van der Waals surface area (Å²) in [7, 11) is 3.21. The summed E-state index contributed by atoms with van der Waals surface area (Å²) in [6, 6.07) is 14.2. The van der Waals surface area contributed by atoms with Crippen molar-refractivity contribution in [1.82, 2.24) is 10.2 Å². The van der Waals surface area contributed by atoms with Crippen LogP contribution >= 0.6 is 0 Å². The van der Waals surface area contributed by atoms with Crippen molar-refractivity contribution in [2.45, 2.75) is 37.6 Å². The fourth-order valence-corrected chi connectivity index (χ4v) is 5.83. The molecule has 162 valence electrons. The van der Waals surface area contributed by atoms with Crippen molar-refractivity contribution in [1.29, 1.82) is 0 Å². The molecule has 6 nitrogen and oxygen atoms in total. The average molecular weight is 421 g/mol. The number of urea groups is 1. The highest BCUT2D eigenvalue weighted by molar-refractivity contribution is 6.08. The molecule has 0 saturated carbocycles. The maximum absolute atomic E-state index is 13.7. The number of hydrogen-bond donors (Lipinski definition) is 1. The van der Waals surface area contributed by atoms with E-state index in [4.69, 9.17) is 9.47 Å². The monoisotopic (exact) mass is 420 g/mol. The van der Waals surface area contributed by atoms with Crippen LogP contribution in [0, 0.1) is 5.41 Å². The van der Waals surface area contributed by atoms with E-state index < -0.39 is 5.54 Å². The molecule has 2 aromatic rings. The number of nitrogens with zero attached hydrogens (tertiary/aromatic N) is 1. The van der Waals surface area contributed by atoms with Crippen LogP contribution in [-0.2, 0) is 34.3 Å². The predicted octanol–water partition coefficient (Wildman–Crippen LogP) is 3.21. The predicted molar refractivity (Wildman–Crippen MR) is 116 cm³/mol. The Morgan fingerprint density at radius 2 is 1.71 bits per heavy atom. The number of nitrogens with one attached hydrogen (secondary N) is 1. The molecular formula is C25H28N2O4. The first-order valence-corrected chi connectivity index (χ1v) is 10.9. The zero-order chi connectivity index (χ0) is 21.6. The molecule has 6 heteroatoms. The van der Waals surface area contributed by atoms with Crippen molar-refractivity contribution in [3.8, 4) is 5.75 Å². The zero-order valence-corrected chi connectivity index (χ0v) is 18.1. The maximum atomic E-state index is 13.7. The van der Waals surface area contributed by atoms with Crippen LogP contribution in [0.2, 0.25) is 0 Å². The molecule has 0 bridgehead atoms. The fraction of sp³-hybridized carbons (Fsp3) is 0.440. The molecule has 1 fully saturated rings. The van der Waals surface area contributed by atoms with E-state index in [1.54, 1.807) is 14.2 Å². The van der Waals surface area contributed by atoms with Crippen LogP contribution in [0.5, 0.6) is 5.75 Å². The number of carbonyl (C=O) groups excluding carboxylic acids is 2. The molecule has 1 unspecified atom stereocenters. The van der Waals surface area contributed by atoms with E-state index in [2.05, 4.69) is 35.6 Å². The van der Waals surface area contributed by atoms with Crippen LogP contribution < -0.4 is 10.1 Å². The lowest BCUT2D eigenvalue weighted by molar-refractivity contribution is -0.135. The van der Waals surface area contributed by atoms with Gasteiger partial charge in [0, 0.05) is 19.6 Å². The summed E-state index contributed by atoms with van der Waals surface area (Å²) in [6.45, 7) is 0.922. The standard InChI is InChI=1S/C25H28N2O4/c1-27-22(28)25(26-23(27)29)21-15-20(31-14-13-30-2)8-7-19(21)16-24(25)11-9-17-5-3-4-6-18(17)10-12-24/h3-8,15H,9-14,16H2,1-2H3,(H,26,29). The van der Waals surface area contributed by atoms with Gasteiger partial charge in [0.15, 0.2) is 5.54 Å². The van der Waals surface area contributed by atoms with Gasteiger partial charge in [-0.05, 0) is 66.5 Å². The molecule has 1 N–H and O–H groups in total. The molecule has 1 atom stereocenters. The number of methoxy groups -OCH3 is 1. The summed E-state index contributed by atoms with van der Waals surface area (Å²) in [5.41, 5.74) is 3.29. The van der Waals surface area contributed by atoms with Crippen LogP contribution in [0.1, 0.15) is 35.1 Å². The first-order valence-electron chi connectivity index (χ1n) is 10.9. The Morgan fingerprint density at radius 1 is 1.00 bits per heavy atom. The number of likely N-dealkylation sites (N-methyl/N-ethyl adjacent to an activating group) is 1. The molecule has 0 aromatic heterocycles. The minimum absolute atomic E-state index is 0.156. The molecular weight excluding hydrogens is 392 g/mol. The number of aryl methyl sites for hydroxylation is 2. The summed E-state index contributed by atoms with van der Waals surface area (Å²) in [6.07, 6.45) is 4.26.